The van der Waals surface area contributed by atoms with Gasteiger partial charge in [-0.05, 0) is 18.9 Å². The monoisotopic (exact) mass is 252 g/mol. The third kappa shape index (κ3) is 4.33. The van der Waals surface area contributed by atoms with Crippen LogP contribution in [-0.4, -0.2) is 30.1 Å². The van der Waals surface area contributed by atoms with E-state index in [0.717, 1.165) is 0 Å². The first-order valence-corrected chi connectivity index (χ1v) is 6.12. The van der Waals surface area contributed by atoms with Crippen LogP contribution >= 0.6 is 0 Å². The van der Waals surface area contributed by atoms with Crippen molar-refractivity contribution in [3.8, 4) is 0 Å². The number of aromatic nitrogens is 1. The van der Waals surface area contributed by atoms with Crippen LogP contribution in [0.25, 0.3) is 0 Å². The number of amides is 1. The standard InChI is InChI=1S/C13H20N2O3/c1-4-18-8-11(9(2)3)15-13(17)10-5-6-14-12(16)7-10/h5-7,9,11H,4,8H2,1-3H3,(H,14,16)(H,15,17). The van der Waals surface area contributed by atoms with Crippen LogP contribution in [0.15, 0.2) is 23.1 Å². The molecule has 100 valence electrons. The maximum atomic E-state index is 12.0. The number of carbonyl (C=O) groups is 1. The molecule has 0 fully saturated rings. The van der Waals surface area contributed by atoms with Gasteiger partial charge in [0.05, 0.1) is 12.6 Å². The molecule has 0 saturated heterocycles. The first kappa shape index (κ1) is 14.4. The molecule has 0 aromatic carbocycles. The molecule has 5 nitrogen and oxygen atoms in total. The lowest BCUT2D eigenvalue weighted by Gasteiger charge is -2.22. The van der Waals surface area contributed by atoms with Crippen molar-refractivity contribution < 1.29 is 9.53 Å². The van der Waals surface area contributed by atoms with E-state index >= 15 is 0 Å². The van der Waals surface area contributed by atoms with E-state index in [1.807, 2.05) is 20.8 Å². The van der Waals surface area contributed by atoms with Gasteiger partial charge in [-0.3, -0.25) is 9.59 Å². The van der Waals surface area contributed by atoms with Crippen molar-refractivity contribution in [1.82, 2.24) is 10.3 Å². The van der Waals surface area contributed by atoms with Crippen LogP contribution < -0.4 is 10.9 Å². The van der Waals surface area contributed by atoms with Gasteiger partial charge in [0.1, 0.15) is 0 Å². The number of nitrogens with one attached hydrogen (secondary N) is 2. The van der Waals surface area contributed by atoms with Gasteiger partial charge in [0.15, 0.2) is 0 Å². The molecule has 1 heterocycles. The second kappa shape index (κ2) is 6.96. The summed E-state index contributed by atoms with van der Waals surface area (Å²) in [5.41, 5.74) is 0.0782. The summed E-state index contributed by atoms with van der Waals surface area (Å²) in [6.45, 7) is 7.03. The molecule has 2 N–H and O–H groups in total. The molecule has 0 aliphatic carbocycles. The second-order valence-electron chi connectivity index (χ2n) is 4.43. The molecule has 5 heteroatoms. The van der Waals surface area contributed by atoms with Crippen LogP contribution in [0.3, 0.4) is 0 Å². The lowest BCUT2D eigenvalue weighted by atomic mass is 10.0. The number of rotatable bonds is 6. The fraction of sp³-hybridized carbons (Fsp3) is 0.538. The first-order chi connectivity index (χ1) is 8.54. The average Bonchev–Trinajstić information content (AvgIpc) is 2.33. The van der Waals surface area contributed by atoms with E-state index in [9.17, 15) is 9.59 Å². The van der Waals surface area contributed by atoms with Gasteiger partial charge < -0.3 is 15.0 Å². The number of carbonyl (C=O) groups excluding carboxylic acids is 1. The van der Waals surface area contributed by atoms with Crippen molar-refractivity contribution in [1.29, 1.82) is 0 Å². The van der Waals surface area contributed by atoms with Crippen molar-refractivity contribution in [2.45, 2.75) is 26.8 Å². The van der Waals surface area contributed by atoms with Crippen molar-refractivity contribution >= 4 is 5.91 Å². The summed E-state index contributed by atoms with van der Waals surface area (Å²) in [4.78, 5) is 25.6. The number of H-pyrrole nitrogens is 1. The van der Waals surface area contributed by atoms with E-state index in [1.54, 1.807) is 6.07 Å². The average molecular weight is 252 g/mol. The largest absolute Gasteiger partial charge is 0.380 e. The molecule has 0 spiro atoms. The summed E-state index contributed by atoms with van der Waals surface area (Å²) in [6, 6.07) is 2.80. The second-order valence-corrected chi connectivity index (χ2v) is 4.43. The Kier molecular flexibility index (Phi) is 5.58. The topological polar surface area (TPSA) is 71.2 Å². The van der Waals surface area contributed by atoms with Gasteiger partial charge in [-0.15, -0.1) is 0 Å². The number of hydrogen-bond acceptors (Lipinski definition) is 3. The van der Waals surface area contributed by atoms with E-state index in [2.05, 4.69) is 10.3 Å². The lowest BCUT2D eigenvalue weighted by molar-refractivity contribution is 0.0806. The molecule has 1 unspecified atom stereocenters. The zero-order valence-electron chi connectivity index (χ0n) is 11.0. The van der Waals surface area contributed by atoms with Gasteiger partial charge >= 0.3 is 0 Å². The normalized spacial score (nSPS) is 12.4. The zero-order chi connectivity index (χ0) is 13.5. The highest BCUT2D eigenvalue weighted by molar-refractivity contribution is 5.94. The molecule has 1 aromatic rings. The van der Waals surface area contributed by atoms with E-state index in [1.165, 1.54) is 12.3 Å². The third-order valence-electron chi connectivity index (χ3n) is 2.66. The van der Waals surface area contributed by atoms with Crippen LogP contribution in [0, 0.1) is 5.92 Å². The fourth-order valence-electron chi connectivity index (χ4n) is 1.48. The number of ether oxygens (including phenoxy) is 1. The van der Waals surface area contributed by atoms with Crippen molar-refractivity contribution in [2.24, 2.45) is 5.92 Å². The minimum Gasteiger partial charge on any atom is -0.380 e. The predicted octanol–water partition coefficient (Wildman–Crippen LogP) is 1.17. The highest BCUT2D eigenvalue weighted by atomic mass is 16.5. The Balaban J connectivity index is 2.69. The Labute approximate surface area is 107 Å². The van der Waals surface area contributed by atoms with Gasteiger partial charge in [0, 0.05) is 24.4 Å². The Morgan fingerprint density at radius 3 is 2.78 bits per heavy atom. The molecule has 1 amide bonds. The SMILES string of the molecule is CCOCC(NC(=O)c1cc[nH]c(=O)c1)C(C)C. The summed E-state index contributed by atoms with van der Waals surface area (Å²) >= 11 is 0. The summed E-state index contributed by atoms with van der Waals surface area (Å²) in [7, 11) is 0. The number of aromatic amines is 1. The van der Waals surface area contributed by atoms with E-state index in [0.29, 0.717) is 18.8 Å². The van der Waals surface area contributed by atoms with Crippen molar-refractivity contribution in [3.05, 3.63) is 34.2 Å². The molecule has 18 heavy (non-hydrogen) atoms. The fourth-order valence-corrected chi connectivity index (χ4v) is 1.48. The van der Waals surface area contributed by atoms with Gasteiger partial charge in [-0.1, -0.05) is 13.8 Å². The summed E-state index contributed by atoms with van der Waals surface area (Å²) in [5.74, 6) is 0.0157. The van der Waals surface area contributed by atoms with Gasteiger partial charge in [0.25, 0.3) is 5.91 Å². The number of hydrogen-bond donors (Lipinski definition) is 2. The Hall–Kier alpha value is -1.62. The zero-order valence-corrected chi connectivity index (χ0v) is 11.0. The third-order valence-corrected chi connectivity index (χ3v) is 2.66. The highest BCUT2D eigenvalue weighted by Gasteiger charge is 2.17. The first-order valence-electron chi connectivity index (χ1n) is 6.12. The summed E-state index contributed by atoms with van der Waals surface area (Å²) < 4.78 is 5.33. The molecule has 1 aromatic heterocycles. The maximum absolute atomic E-state index is 12.0. The summed E-state index contributed by atoms with van der Waals surface area (Å²) in [5, 5.41) is 2.88. The smallest absolute Gasteiger partial charge is 0.251 e. The van der Waals surface area contributed by atoms with Crippen molar-refractivity contribution in [3.63, 3.8) is 0 Å². The molecule has 1 atom stereocenters. The van der Waals surface area contributed by atoms with E-state index in [4.69, 9.17) is 4.74 Å². The molecule has 0 aliphatic heterocycles. The molecule has 1 rings (SSSR count). The molecule has 0 saturated carbocycles. The minimum absolute atomic E-state index is 0.0586. The molecule has 0 bridgehead atoms. The maximum Gasteiger partial charge on any atom is 0.251 e. The molecular formula is C13H20N2O3. The molecular weight excluding hydrogens is 232 g/mol. The van der Waals surface area contributed by atoms with E-state index < -0.39 is 0 Å². The Morgan fingerprint density at radius 1 is 1.50 bits per heavy atom. The van der Waals surface area contributed by atoms with Crippen LogP contribution in [0.5, 0.6) is 0 Å². The van der Waals surface area contributed by atoms with E-state index in [-0.39, 0.29) is 23.4 Å². The Morgan fingerprint density at radius 2 is 2.22 bits per heavy atom. The number of pyridine rings is 1. The van der Waals surface area contributed by atoms with Crippen LogP contribution in [0.1, 0.15) is 31.1 Å². The predicted molar refractivity (Wildman–Crippen MR) is 69.6 cm³/mol. The minimum atomic E-state index is -0.284. The highest BCUT2D eigenvalue weighted by Crippen LogP contribution is 2.04. The van der Waals surface area contributed by atoms with Gasteiger partial charge in [-0.2, -0.15) is 0 Å². The van der Waals surface area contributed by atoms with Gasteiger partial charge in [0.2, 0.25) is 5.56 Å². The van der Waals surface area contributed by atoms with Crippen LogP contribution in [0.4, 0.5) is 0 Å². The van der Waals surface area contributed by atoms with Crippen LogP contribution in [-0.2, 0) is 4.74 Å². The van der Waals surface area contributed by atoms with Gasteiger partial charge in [-0.25, -0.2) is 0 Å². The lowest BCUT2D eigenvalue weighted by Crippen LogP contribution is -2.42. The molecule has 0 aliphatic rings. The summed E-state index contributed by atoms with van der Waals surface area (Å²) in [6.07, 6.45) is 1.46. The molecule has 0 radical (unpaired) electrons. The van der Waals surface area contributed by atoms with Crippen molar-refractivity contribution in [2.75, 3.05) is 13.2 Å². The van der Waals surface area contributed by atoms with Crippen LogP contribution in [0.2, 0.25) is 0 Å². The quantitative estimate of drug-likeness (QED) is 0.798. The Bertz CT molecular complexity index is 440.